The van der Waals surface area contributed by atoms with Crippen molar-refractivity contribution in [3.63, 3.8) is 0 Å². The molecule has 0 aliphatic carbocycles. The van der Waals surface area contributed by atoms with Gasteiger partial charge in [0.1, 0.15) is 0 Å². The van der Waals surface area contributed by atoms with E-state index in [4.69, 9.17) is 5.73 Å². The second-order valence-electron chi connectivity index (χ2n) is 4.05. The zero-order valence-corrected chi connectivity index (χ0v) is 9.95. The molecular weight excluding hydrogens is 224 g/mol. The fourth-order valence-corrected chi connectivity index (χ4v) is 1.90. The van der Waals surface area contributed by atoms with E-state index in [2.05, 4.69) is 0 Å². The Morgan fingerprint density at radius 2 is 2.06 bits per heavy atom. The van der Waals surface area contributed by atoms with Crippen LogP contribution in [0.2, 0.25) is 0 Å². The zero-order valence-electron chi connectivity index (χ0n) is 9.13. The van der Waals surface area contributed by atoms with E-state index in [9.17, 15) is 4.79 Å². The predicted molar refractivity (Wildman–Crippen MR) is 66.6 cm³/mol. The molecule has 1 aromatic carbocycles. The summed E-state index contributed by atoms with van der Waals surface area (Å²) in [6.07, 6.45) is 1.42. The van der Waals surface area contributed by atoms with E-state index in [1.807, 2.05) is 35.2 Å². The average molecular weight is 241 g/mol. The van der Waals surface area contributed by atoms with Crippen molar-refractivity contribution in [3.8, 4) is 0 Å². The van der Waals surface area contributed by atoms with Crippen molar-refractivity contribution < 1.29 is 4.79 Å². The Bertz CT molecular complexity index is 342. The molecule has 1 aliphatic rings. The molecule has 1 amide bonds. The third kappa shape index (κ3) is 3.22. The first-order valence-electron chi connectivity index (χ1n) is 5.33. The standard InChI is InChI=1S/C12H16N2O.ClH/c13-11-6-7-14(9-11)12(15)8-10-4-2-1-3-5-10;/h1-5,11H,6-9,13H2;1H/t11-;/m1./s1. The van der Waals surface area contributed by atoms with E-state index >= 15 is 0 Å². The van der Waals surface area contributed by atoms with Gasteiger partial charge in [-0.2, -0.15) is 0 Å². The molecule has 1 fully saturated rings. The minimum Gasteiger partial charge on any atom is -0.341 e. The normalized spacial score (nSPS) is 19.3. The second kappa shape index (κ2) is 5.87. The Balaban J connectivity index is 0.00000128. The number of carbonyl (C=O) groups is 1. The van der Waals surface area contributed by atoms with Gasteiger partial charge >= 0.3 is 0 Å². The number of nitrogens with zero attached hydrogens (tertiary/aromatic N) is 1. The van der Waals surface area contributed by atoms with Gasteiger partial charge in [-0.1, -0.05) is 30.3 Å². The zero-order chi connectivity index (χ0) is 10.7. The molecule has 3 nitrogen and oxygen atoms in total. The third-order valence-corrected chi connectivity index (χ3v) is 2.78. The van der Waals surface area contributed by atoms with E-state index in [1.165, 1.54) is 0 Å². The first-order valence-corrected chi connectivity index (χ1v) is 5.33. The van der Waals surface area contributed by atoms with Gasteiger partial charge < -0.3 is 10.6 Å². The van der Waals surface area contributed by atoms with Gasteiger partial charge in [0.2, 0.25) is 5.91 Å². The van der Waals surface area contributed by atoms with Crippen molar-refractivity contribution in [2.24, 2.45) is 5.73 Å². The summed E-state index contributed by atoms with van der Waals surface area (Å²) in [4.78, 5) is 13.7. The number of hydrogen-bond donors (Lipinski definition) is 1. The van der Waals surface area contributed by atoms with Crippen LogP contribution in [0.3, 0.4) is 0 Å². The summed E-state index contributed by atoms with van der Waals surface area (Å²) in [5.41, 5.74) is 6.83. The number of likely N-dealkylation sites (tertiary alicyclic amines) is 1. The monoisotopic (exact) mass is 240 g/mol. The van der Waals surface area contributed by atoms with Gasteiger partial charge in [0, 0.05) is 19.1 Å². The maximum Gasteiger partial charge on any atom is 0.227 e. The van der Waals surface area contributed by atoms with Gasteiger partial charge in [-0.15, -0.1) is 12.4 Å². The Morgan fingerprint density at radius 3 is 2.62 bits per heavy atom. The van der Waals surface area contributed by atoms with E-state index in [0.717, 1.165) is 18.5 Å². The smallest absolute Gasteiger partial charge is 0.227 e. The molecule has 1 heterocycles. The van der Waals surface area contributed by atoms with Crippen molar-refractivity contribution in [3.05, 3.63) is 35.9 Å². The summed E-state index contributed by atoms with van der Waals surface area (Å²) in [5.74, 6) is 0.189. The first kappa shape index (κ1) is 13.0. The molecule has 0 bridgehead atoms. The Morgan fingerprint density at radius 1 is 1.38 bits per heavy atom. The summed E-state index contributed by atoms with van der Waals surface area (Å²) in [6, 6.07) is 10.0. The minimum atomic E-state index is 0. The molecule has 0 saturated carbocycles. The molecule has 0 spiro atoms. The maximum absolute atomic E-state index is 11.8. The number of rotatable bonds is 2. The topological polar surface area (TPSA) is 46.3 Å². The van der Waals surface area contributed by atoms with Crippen molar-refractivity contribution in [2.45, 2.75) is 18.9 Å². The molecule has 16 heavy (non-hydrogen) atoms. The van der Waals surface area contributed by atoms with Gasteiger partial charge in [-0.05, 0) is 12.0 Å². The SMILES string of the molecule is Cl.N[C@@H]1CCN(C(=O)Cc2ccccc2)C1. The van der Waals surface area contributed by atoms with Crippen LogP contribution < -0.4 is 5.73 Å². The van der Waals surface area contributed by atoms with Crippen LogP contribution in [-0.2, 0) is 11.2 Å². The maximum atomic E-state index is 11.8. The Hall–Kier alpha value is -1.06. The van der Waals surface area contributed by atoms with E-state index in [0.29, 0.717) is 13.0 Å². The largest absolute Gasteiger partial charge is 0.341 e. The molecule has 88 valence electrons. The number of benzene rings is 1. The summed E-state index contributed by atoms with van der Waals surface area (Å²) in [6.45, 7) is 1.53. The van der Waals surface area contributed by atoms with Crippen molar-refractivity contribution in [1.82, 2.24) is 4.90 Å². The predicted octanol–water partition coefficient (Wildman–Crippen LogP) is 1.21. The molecule has 2 rings (SSSR count). The summed E-state index contributed by atoms with van der Waals surface area (Å²) in [5, 5.41) is 0. The van der Waals surface area contributed by atoms with Crippen molar-refractivity contribution in [1.29, 1.82) is 0 Å². The van der Waals surface area contributed by atoms with Crippen LogP contribution in [-0.4, -0.2) is 29.9 Å². The first-order chi connectivity index (χ1) is 7.25. The molecule has 2 N–H and O–H groups in total. The van der Waals surface area contributed by atoms with Crippen molar-refractivity contribution >= 4 is 18.3 Å². The fourth-order valence-electron chi connectivity index (χ4n) is 1.90. The lowest BCUT2D eigenvalue weighted by atomic mass is 10.1. The van der Waals surface area contributed by atoms with Crippen LogP contribution in [0.5, 0.6) is 0 Å². The van der Waals surface area contributed by atoms with E-state index in [-0.39, 0.29) is 24.4 Å². The molecule has 4 heteroatoms. The number of amides is 1. The highest BCUT2D eigenvalue weighted by atomic mass is 35.5. The summed E-state index contributed by atoms with van der Waals surface area (Å²) < 4.78 is 0. The molecule has 1 saturated heterocycles. The van der Waals surface area contributed by atoms with Gasteiger partial charge in [0.25, 0.3) is 0 Å². The number of halogens is 1. The van der Waals surface area contributed by atoms with Gasteiger partial charge in [0.05, 0.1) is 6.42 Å². The fraction of sp³-hybridized carbons (Fsp3) is 0.417. The summed E-state index contributed by atoms with van der Waals surface area (Å²) >= 11 is 0. The molecule has 1 atom stereocenters. The van der Waals surface area contributed by atoms with E-state index < -0.39 is 0 Å². The van der Waals surface area contributed by atoms with Crippen LogP contribution in [0.25, 0.3) is 0 Å². The molecular formula is C12H17ClN2O. The van der Waals surface area contributed by atoms with Gasteiger partial charge in [-0.25, -0.2) is 0 Å². The third-order valence-electron chi connectivity index (χ3n) is 2.78. The van der Waals surface area contributed by atoms with Crippen LogP contribution >= 0.6 is 12.4 Å². The van der Waals surface area contributed by atoms with Crippen LogP contribution in [0, 0.1) is 0 Å². The van der Waals surface area contributed by atoms with Gasteiger partial charge in [0.15, 0.2) is 0 Å². The average Bonchev–Trinajstić information content (AvgIpc) is 2.66. The quantitative estimate of drug-likeness (QED) is 0.845. The Labute approximate surface area is 102 Å². The van der Waals surface area contributed by atoms with Crippen molar-refractivity contribution in [2.75, 3.05) is 13.1 Å². The number of carbonyl (C=O) groups excluding carboxylic acids is 1. The Kier molecular flexibility index (Phi) is 4.77. The lowest BCUT2D eigenvalue weighted by molar-refractivity contribution is -0.129. The highest BCUT2D eigenvalue weighted by molar-refractivity contribution is 5.85. The molecule has 0 radical (unpaired) electrons. The van der Waals surface area contributed by atoms with E-state index in [1.54, 1.807) is 0 Å². The molecule has 1 aliphatic heterocycles. The van der Waals surface area contributed by atoms with Crippen LogP contribution in [0.1, 0.15) is 12.0 Å². The lowest BCUT2D eigenvalue weighted by Gasteiger charge is -2.15. The number of hydrogen-bond acceptors (Lipinski definition) is 2. The summed E-state index contributed by atoms with van der Waals surface area (Å²) in [7, 11) is 0. The molecule has 1 aromatic rings. The van der Waals surface area contributed by atoms with Gasteiger partial charge in [-0.3, -0.25) is 4.79 Å². The van der Waals surface area contributed by atoms with Crippen LogP contribution in [0.4, 0.5) is 0 Å². The lowest BCUT2D eigenvalue weighted by Crippen LogP contribution is -2.32. The highest BCUT2D eigenvalue weighted by Gasteiger charge is 2.23. The molecule has 0 unspecified atom stereocenters. The number of nitrogens with two attached hydrogens (primary N) is 1. The minimum absolute atomic E-state index is 0. The van der Waals surface area contributed by atoms with Crippen LogP contribution in [0.15, 0.2) is 30.3 Å². The second-order valence-corrected chi connectivity index (χ2v) is 4.05. The highest BCUT2D eigenvalue weighted by Crippen LogP contribution is 2.10. The molecule has 0 aromatic heterocycles.